The molecule has 0 radical (unpaired) electrons. The molecule has 0 spiro atoms. The van der Waals surface area contributed by atoms with Crippen LogP contribution in [-0.2, 0) is 0 Å². The molecule has 0 aliphatic carbocycles. The Morgan fingerprint density at radius 1 is 0.321 bits per heavy atom. The highest BCUT2D eigenvalue weighted by molar-refractivity contribution is 7.25. The first-order chi connectivity index (χ1) is 27.7. The van der Waals surface area contributed by atoms with Gasteiger partial charge < -0.3 is 4.42 Å². The fraction of sp³-hybridized carbons (Fsp3) is 0. The van der Waals surface area contributed by atoms with Crippen LogP contribution in [0.4, 0.5) is 0 Å². The lowest BCUT2D eigenvalue weighted by atomic mass is 9.92. The maximum absolute atomic E-state index is 6.54. The van der Waals surface area contributed by atoms with E-state index in [1.807, 2.05) is 66.7 Å². The normalized spacial score (nSPS) is 11.6. The van der Waals surface area contributed by atoms with Gasteiger partial charge in [0.2, 0.25) is 0 Å². The Morgan fingerprint density at radius 2 is 0.839 bits per heavy atom. The van der Waals surface area contributed by atoms with Crippen molar-refractivity contribution in [3.8, 4) is 67.5 Å². The van der Waals surface area contributed by atoms with Gasteiger partial charge >= 0.3 is 0 Å². The number of hydrogen-bond donors (Lipinski definition) is 0. The van der Waals surface area contributed by atoms with Gasteiger partial charge in [-0.15, -0.1) is 11.3 Å². The molecule has 0 unspecified atom stereocenters. The molecule has 0 saturated carbocycles. The highest BCUT2D eigenvalue weighted by atomic mass is 32.1. The van der Waals surface area contributed by atoms with E-state index in [0.717, 1.165) is 60.9 Å². The monoisotopic (exact) mass is 733 g/mol. The second kappa shape index (κ2) is 13.3. The lowest BCUT2D eigenvalue weighted by Gasteiger charge is -2.11. The van der Waals surface area contributed by atoms with Crippen molar-refractivity contribution in [2.75, 3.05) is 0 Å². The predicted molar refractivity (Wildman–Crippen MR) is 233 cm³/mol. The van der Waals surface area contributed by atoms with Crippen molar-refractivity contribution >= 4 is 53.4 Å². The molecule has 3 aromatic heterocycles. The molecule has 0 saturated heterocycles. The first kappa shape index (κ1) is 32.2. The maximum Gasteiger partial charge on any atom is 0.164 e. The van der Waals surface area contributed by atoms with Crippen LogP contribution in [0.2, 0.25) is 0 Å². The van der Waals surface area contributed by atoms with Gasteiger partial charge in [-0.2, -0.15) is 0 Å². The van der Waals surface area contributed by atoms with Gasteiger partial charge in [0.25, 0.3) is 0 Å². The lowest BCUT2D eigenvalue weighted by molar-refractivity contribution is 0.669. The average Bonchev–Trinajstić information content (AvgIpc) is 3.84. The number of nitrogens with zero attached hydrogens (tertiary/aromatic N) is 3. The number of para-hydroxylation sites is 1. The third-order valence-corrected chi connectivity index (χ3v) is 11.6. The molecule has 0 bridgehead atoms. The van der Waals surface area contributed by atoms with Crippen LogP contribution in [-0.4, -0.2) is 15.0 Å². The van der Waals surface area contributed by atoms with Crippen LogP contribution in [0.15, 0.2) is 192 Å². The van der Waals surface area contributed by atoms with E-state index >= 15 is 0 Å². The summed E-state index contributed by atoms with van der Waals surface area (Å²) < 4.78 is 8.95. The van der Waals surface area contributed by atoms with E-state index in [1.165, 1.54) is 31.3 Å². The quantitative estimate of drug-likeness (QED) is 0.171. The molecule has 262 valence electrons. The molecule has 11 rings (SSSR count). The van der Waals surface area contributed by atoms with Crippen molar-refractivity contribution in [2.24, 2.45) is 0 Å². The van der Waals surface area contributed by atoms with E-state index in [2.05, 4.69) is 121 Å². The standard InChI is InChI=1S/C51H31N3OS/c1-4-13-32(14-5-1)35-19-12-20-37(27-35)43-28-39(29-45-48(43)42-21-10-11-22-44(42)55-45)36-23-25-40-41-26-24-38(31-47(41)56-46(40)30-36)51-53-49(33-15-6-2-7-16-33)52-50(54-51)34-17-8-3-9-18-34/h1-31H. The first-order valence-electron chi connectivity index (χ1n) is 18.7. The summed E-state index contributed by atoms with van der Waals surface area (Å²) in [7, 11) is 0. The number of benzene rings is 8. The van der Waals surface area contributed by atoms with Gasteiger partial charge in [0.1, 0.15) is 11.2 Å². The summed E-state index contributed by atoms with van der Waals surface area (Å²) in [5, 5.41) is 4.70. The highest BCUT2D eigenvalue weighted by Gasteiger charge is 2.18. The minimum absolute atomic E-state index is 0.653. The summed E-state index contributed by atoms with van der Waals surface area (Å²) in [4.78, 5) is 14.9. The van der Waals surface area contributed by atoms with Crippen LogP contribution in [0, 0.1) is 0 Å². The molecule has 0 N–H and O–H groups in total. The fourth-order valence-electron chi connectivity index (χ4n) is 7.78. The van der Waals surface area contributed by atoms with Gasteiger partial charge in [0.05, 0.1) is 0 Å². The van der Waals surface area contributed by atoms with Crippen LogP contribution in [0.25, 0.3) is 110 Å². The van der Waals surface area contributed by atoms with E-state index < -0.39 is 0 Å². The maximum atomic E-state index is 6.54. The van der Waals surface area contributed by atoms with Crippen molar-refractivity contribution in [1.82, 2.24) is 15.0 Å². The minimum atomic E-state index is 0.653. The number of furan rings is 1. The van der Waals surface area contributed by atoms with Gasteiger partial charge in [0, 0.05) is 47.6 Å². The topological polar surface area (TPSA) is 51.8 Å². The van der Waals surface area contributed by atoms with Crippen LogP contribution >= 0.6 is 11.3 Å². The molecule has 3 heterocycles. The zero-order valence-corrected chi connectivity index (χ0v) is 30.9. The Morgan fingerprint density at radius 3 is 1.52 bits per heavy atom. The predicted octanol–water partition coefficient (Wildman–Crippen LogP) is 14.1. The number of fused-ring (bicyclic) bond motifs is 6. The SMILES string of the molecule is c1ccc(-c2cccc(-c3cc(-c4ccc5c(c4)sc4cc(-c6nc(-c7ccccc7)nc(-c7ccccc7)n6)ccc45)cc4oc5ccccc5c34)c2)cc1. The zero-order valence-electron chi connectivity index (χ0n) is 30.1. The lowest BCUT2D eigenvalue weighted by Crippen LogP contribution is -1.99. The summed E-state index contributed by atoms with van der Waals surface area (Å²) in [6.07, 6.45) is 0. The molecular weight excluding hydrogens is 703 g/mol. The summed E-state index contributed by atoms with van der Waals surface area (Å²) in [5.74, 6) is 1.96. The molecule has 8 aromatic carbocycles. The molecule has 0 aliphatic rings. The number of hydrogen-bond acceptors (Lipinski definition) is 5. The highest BCUT2D eigenvalue weighted by Crippen LogP contribution is 2.43. The summed E-state index contributed by atoms with van der Waals surface area (Å²) in [6.45, 7) is 0. The zero-order chi connectivity index (χ0) is 37.0. The van der Waals surface area contributed by atoms with Crippen molar-refractivity contribution < 1.29 is 4.42 Å². The molecule has 0 fully saturated rings. The van der Waals surface area contributed by atoms with Crippen molar-refractivity contribution in [1.29, 1.82) is 0 Å². The van der Waals surface area contributed by atoms with Gasteiger partial charge in [0.15, 0.2) is 17.5 Å². The Bertz CT molecular complexity index is 3180. The average molecular weight is 734 g/mol. The Labute approximate surface area is 327 Å². The van der Waals surface area contributed by atoms with Crippen molar-refractivity contribution in [3.63, 3.8) is 0 Å². The molecule has 11 aromatic rings. The molecule has 56 heavy (non-hydrogen) atoms. The molecule has 4 nitrogen and oxygen atoms in total. The van der Waals surface area contributed by atoms with Crippen molar-refractivity contribution in [3.05, 3.63) is 188 Å². The van der Waals surface area contributed by atoms with Crippen LogP contribution in [0.5, 0.6) is 0 Å². The summed E-state index contributed by atoms with van der Waals surface area (Å²) in [5.41, 5.74) is 11.6. The van der Waals surface area contributed by atoms with E-state index in [-0.39, 0.29) is 0 Å². The first-order valence-corrected chi connectivity index (χ1v) is 19.5. The summed E-state index contributed by atoms with van der Waals surface area (Å²) >= 11 is 1.79. The Kier molecular flexibility index (Phi) is 7.64. The minimum Gasteiger partial charge on any atom is -0.456 e. The second-order valence-electron chi connectivity index (χ2n) is 14.0. The van der Waals surface area contributed by atoms with Gasteiger partial charge in [-0.3, -0.25) is 0 Å². The molecule has 0 aliphatic heterocycles. The van der Waals surface area contributed by atoms with Crippen LogP contribution in [0.3, 0.4) is 0 Å². The van der Waals surface area contributed by atoms with E-state index in [4.69, 9.17) is 19.4 Å². The second-order valence-corrected chi connectivity index (χ2v) is 15.1. The van der Waals surface area contributed by atoms with E-state index in [9.17, 15) is 0 Å². The van der Waals surface area contributed by atoms with E-state index in [1.54, 1.807) is 11.3 Å². The molecule has 5 heteroatoms. The van der Waals surface area contributed by atoms with Gasteiger partial charge in [-0.1, -0.05) is 152 Å². The largest absolute Gasteiger partial charge is 0.456 e. The third-order valence-electron chi connectivity index (χ3n) is 10.5. The summed E-state index contributed by atoms with van der Waals surface area (Å²) in [6, 6.07) is 65.8. The van der Waals surface area contributed by atoms with E-state index in [0.29, 0.717) is 17.5 Å². The molecular formula is C51H31N3OS. The van der Waals surface area contributed by atoms with Crippen molar-refractivity contribution in [2.45, 2.75) is 0 Å². The van der Waals surface area contributed by atoms with Crippen LogP contribution < -0.4 is 0 Å². The fourth-order valence-corrected chi connectivity index (χ4v) is 8.96. The number of thiophene rings is 1. The Hall–Kier alpha value is -7.21. The number of rotatable bonds is 6. The van der Waals surface area contributed by atoms with Gasteiger partial charge in [-0.25, -0.2) is 15.0 Å². The van der Waals surface area contributed by atoms with Crippen LogP contribution in [0.1, 0.15) is 0 Å². The molecule has 0 amide bonds. The smallest absolute Gasteiger partial charge is 0.164 e. The number of aromatic nitrogens is 3. The Balaban J connectivity index is 1.03. The molecule has 0 atom stereocenters. The third kappa shape index (κ3) is 5.65. The van der Waals surface area contributed by atoms with Gasteiger partial charge in [-0.05, 0) is 69.8 Å².